The summed E-state index contributed by atoms with van der Waals surface area (Å²) < 4.78 is 9.96. The number of allylic oxidation sites excluding steroid dienone is 4. The maximum absolute atomic E-state index is 2.63. The van der Waals surface area contributed by atoms with E-state index in [4.69, 9.17) is 0 Å². The topological polar surface area (TPSA) is 19.7 Å². The predicted octanol–water partition coefficient (Wildman–Crippen LogP) is 14.9. The first kappa shape index (κ1) is 39.4. The van der Waals surface area contributed by atoms with E-state index in [-0.39, 0.29) is 12.0 Å². The molecule has 0 bridgehead atoms. The Morgan fingerprint density at radius 2 is 1.16 bits per heavy atom. The van der Waals surface area contributed by atoms with Crippen molar-refractivity contribution in [3.05, 3.63) is 240 Å². The van der Waals surface area contributed by atoms with Crippen LogP contribution in [0.3, 0.4) is 0 Å². The predicted molar refractivity (Wildman–Crippen MR) is 293 cm³/mol. The molecule has 12 aromatic rings. The number of benzene rings is 8. The summed E-state index contributed by atoms with van der Waals surface area (Å²) in [5, 5.41) is 9.07. The number of hydrogen-bond acceptors (Lipinski definition) is 0. The van der Waals surface area contributed by atoms with Gasteiger partial charge in [0.2, 0.25) is 0 Å². The Hall–Kier alpha value is -8.60. The molecule has 0 fully saturated rings. The van der Waals surface area contributed by atoms with Gasteiger partial charge in [-0.1, -0.05) is 164 Å². The SMILES string of the molecule is Cn1c2ccc(-c3cccc(-c4ccc5c(c4)c4c6c(n(-c7ccccc7)c4n5C4C=CC=CC4)=CCC(c4ccc5c(c4)-c4ccccc4C5)C=6)c3)cc2c2c3ccccc3n(-c3ccccc3)c21. The van der Waals surface area contributed by atoms with Gasteiger partial charge in [0.1, 0.15) is 11.3 Å². The minimum absolute atomic E-state index is 0.187. The highest BCUT2D eigenvalue weighted by Crippen LogP contribution is 2.43. The van der Waals surface area contributed by atoms with E-state index < -0.39 is 0 Å². The van der Waals surface area contributed by atoms with Crippen LogP contribution in [0.1, 0.15) is 41.5 Å². The molecule has 4 heterocycles. The van der Waals surface area contributed by atoms with Crippen molar-refractivity contribution < 1.29 is 0 Å². The summed E-state index contributed by atoms with van der Waals surface area (Å²) in [6.45, 7) is 0. The van der Waals surface area contributed by atoms with Gasteiger partial charge >= 0.3 is 0 Å². The van der Waals surface area contributed by atoms with Crippen LogP contribution in [0.4, 0.5) is 0 Å². The highest BCUT2D eigenvalue weighted by Gasteiger charge is 2.27. The standard InChI is InChI=1S/C66H48N4/c1-67-59-33-30-45(39-56(59)63-54-26-13-14-27-60(54)68(65(63)67)50-19-5-2-6-20-50)42-17-15-18-43(36-42)46-31-34-61-57(40-46)64-58-41-47(44-28-29-49-37-48-16-11-12-25-53(48)55(49)38-44)32-35-62(58)70(52-23-9-4-10-24-52)66(64)69(61)51-21-7-3-8-22-51/h2-21,23-31,33-36,38-41,47,51H,22,32,37H2,1H3. The molecule has 0 saturated carbocycles. The first-order valence-corrected chi connectivity index (χ1v) is 24.8. The lowest BCUT2D eigenvalue weighted by atomic mass is 9.89. The molecule has 3 aliphatic rings. The van der Waals surface area contributed by atoms with Crippen molar-refractivity contribution in [1.29, 1.82) is 0 Å². The fraction of sp³-hybridized carbons (Fsp3) is 0.0909. The van der Waals surface area contributed by atoms with E-state index in [1.165, 1.54) is 127 Å². The second-order valence-corrected chi connectivity index (χ2v) is 19.6. The van der Waals surface area contributed by atoms with Crippen molar-refractivity contribution in [2.24, 2.45) is 7.05 Å². The summed E-state index contributed by atoms with van der Waals surface area (Å²) in [5.41, 5.74) is 20.4. The van der Waals surface area contributed by atoms with E-state index in [1.807, 2.05) is 0 Å². The third-order valence-corrected chi connectivity index (χ3v) is 15.8. The van der Waals surface area contributed by atoms with E-state index in [2.05, 4.69) is 250 Å². The molecule has 2 unspecified atom stereocenters. The third kappa shape index (κ3) is 5.77. The summed E-state index contributed by atoms with van der Waals surface area (Å²) in [7, 11) is 2.21. The highest BCUT2D eigenvalue weighted by atomic mass is 15.2. The summed E-state index contributed by atoms with van der Waals surface area (Å²) in [6, 6.07) is 70.4. The van der Waals surface area contributed by atoms with Crippen molar-refractivity contribution in [3.63, 3.8) is 0 Å². The second kappa shape index (κ2) is 15.2. The summed E-state index contributed by atoms with van der Waals surface area (Å²) in [6.07, 6.45) is 17.1. The number of rotatable bonds is 6. The molecular formula is C66H48N4. The largest absolute Gasteiger partial charge is 0.329 e. The molecule has 15 rings (SSSR count). The normalized spacial score (nSPS) is 16.0. The van der Waals surface area contributed by atoms with Crippen LogP contribution in [0.25, 0.3) is 112 Å². The molecule has 4 aromatic heterocycles. The molecule has 0 radical (unpaired) electrons. The lowest BCUT2D eigenvalue weighted by Crippen LogP contribution is -2.32. The molecule has 3 aliphatic carbocycles. The third-order valence-electron chi connectivity index (χ3n) is 15.8. The Morgan fingerprint density at radius 1 is 0.471 bits per heavy atom. The van der Waals surface area contributed by atoms with E-state index in [0.29, 0.717) is 0 Å². The minimum Gasteiger partial charge on any atom is -0.329 e. The molecule has 0 saturated heterocycles. The zero-order chi connectivity index (χ0) is 46.0. The molecule has 0 amide bonds. The summed E-state index contributed by atoms with van der Waals surface area (Å²) >= 11 is 0. The number of aryl methyl sites for hydroxylation is 1. The molecule has 0 spiro atoms. The Balaban J connectivity index is 0.916. The molecule has 8 aromatic carbocycles. The fourth-order valence-corrected chi connectivity index (χ4v) is 12.6. The molecule has 0 aliphatic heterocycles. The molecular weight excluding hydrogens is 849 g/mol. The lowest BCUT2D eigenvalue weighted by molar-refractivity contribution is 0.638. The van der Waals surface area contributed by atoms with Crippen LogP contribution < -0.4 is 10.6 Å². The Bertz CT molecular complexity index is 4340. The Kier molecular flexibility index (Phi) is 8.56. The Labute approximate surface area is 405 Å². The van der Waals surface area contributed by atoms with Gasteiger partial charge in [-0.15, -0.1) is 0 Å². The van der Waals surface area contributed by atoms with Gasteiger partial charge in [0.15, 0.2) is 0 Å². The van der Waals surface area contributed by atoms with Crippen LogP contribution in [-0.4, -0.2) is 18.3 Å². The first-order chi connectivity index (χ1) is 34.6. The monoisotopic (exact) mass is 896 g/mol. The van der Waals surface area contributed by atoms with Crippen molar-refractivity contribution in [2.45, 2.75) is 31.2 Å². The van der Waals surface area contributed by atoms with Gasteiger partial charge in [-0.2, -0.15) is 0 Å². The van der Waals surface area contributed by atoms with Crippen molar-refractivity contribution in [2.75, 3.05) is 0 Å². The van der Waals surface area contributed by atoms with Crippen LogP contribution in [0.2, 0.25) is 0 Å². The second-order valence-electron chi connectivity index (χ2n) is 19.6. The molecule has 0 N–H and O–H groups in total. The van der Waals surface area contributed by atoms with Crippen molar-refractivity contribution in [1.82, 2.24) is 18.3 Å². The first-order valence-electron chi connectivity index (χ1n) is 24.8. The zero-order valence-electron chi connectivity index (χ0n) is 38.9. The zero-order valence-corrected chi connectivity index (χ0v) is 38.9. The van der Waals surface area contributed by atoms with Crippen LogP contribution >= 0.6 is 0 Å². The van der Waals surface area contributed by atoms with E-state index in [0.717, 1.165) is 19.3 Å². The van der Waals surface area contributed by atoms with Gasteiger partial charge in [0.05, 0.1) is 27.9 Å². The molecule has 4 nitrogen and oxygen atoms in total. The van der Waals surface area contributed by atoms with Gasteiger partial charge < -0.3 is 9.13 Å². The molecule has 332 valence electrons. The summed E-state index contributed by atoms with van der Waals surface area (Å²) in [4.78, 5) is 0. The maximum atomic E-state index is 2.63. The smallest absolute Gasteiger partial charge is 0.127 e. The Morgan fingerprint density at radius 3 is 1.94 bits per heavy atom. The average molecular weight is 897 g/mol. The van der Waals surface area contributed by atoms with Gasteiger partial charge in [-0.05, 0) is 130 Å². The lowest BCUT2D eigenvalue weighted by Gasteiger charge is -2.20. The van der Waals surface area contributed by atoms with E-state index >= 15 is 0 Å². The van der Waals surface area contributed by atoms with Gasteiger partial charge in [-0.3, -0.25) is 9.13 Å². The number of aromatic nitrogens is 4. The molecule has 70 heavy (non-hydrogen) atoms. The number of hydrogen-bond donors (Lipinski definition) is 0. The van der Waals surface area contributed by atoms with Gasteiger partial charge in [0.25, 0.3) is 0 Å². The highest BCUT2D eigenvalue weighted by molar-refractivity contribution is 6.22. The van der Waals surface area contributed by atoms with Gasteiger partial charge in [0, 0.05) is 56.5 Å². The number of fused-ring (bicyclic) bond motifs is 13. The van der Waals surface area contributed by atoms with Crippen molar-refractivity contribution in [3.8, 4) is 44.8 Å². The summed E-state index contributed by atoms with van der Waals surface area (Å²) in [5.74, 6) is 0.259. The van der Waals surface area contributed by atoms with Crippen LogP contribution in [0, 0.1) is 0 Å². The van der Waals surface area contributed by atoms with Crippen LogP contribution in [0.15, 0.2) is 212 Å². The molecule has 4 heteroatoms. The van der Waals surface area contributed by atoms with Gasteiger partial charge in [-0.25, -0.2) is 0 Å². The molecule has 2 atom stereocenters. The fourth-order valence-electron chi connectivity index (χ4n) is 12.6. The number of para-hydroxylation sites is 3. The van der Waals surface area contributed by atoms with Crippen LogP contribution in [0.5, 0.6) is 0 Å². The minimum atomic E-state index is 0.187. The quantitative estimate of drug-likeness (QED) is 0.158. The average Bonchev–Trinajstić information content (AvgIpc) is 4.22. The van der Waals surface area contributed by atoms with E-state index in [1.54, 1.807) is 0 Å². The van der Waals surface area contributed by atoms with E-state index in [9.17, 15) is 0 Å². The van der Waals surface area contributed by atoms with Crippen LogP contribution in [-0.2, 0) is 13.5 Å². The number of nitrogens with zero attached hydrogens (tertiary/aromatic N) is 4. The maximum Gasteiger partial charge on any atom is 0.127 e. The van der Waals surface area contributed by atoms with Crippen molar-refractivity contribution >= 4 is 66.9 Å².